The lowest BCUT2D eigenvalue weighted by atomic mass is 9.78. The van der Waals surface area contributed by atoms with E-state index in [-0.39, 0.29) is 21.7 Å². The minimum Gasteiger partial charge on any atom is -0.457 e. The van der Waals surface area contributed by atoms with Crippen molar-refractivity contribution in [3.05, 3.63) is 144 Å². The smallest absolute Gasteiger partial charge is 0.137 e. The third-order valence-electron chi connectivity index (χ3n) is 12.9. The summed E-state index contributed by atoms with van der Waals surface area (Å²) in [6, 6.07) is 42.5. The Morgan fingerprint density at radius 3 is 1.88 bits per heavy atom. The van der Waals surface area contributed by atoms with Crippen molar-refractivity contribution in [2.24, 2.45) is 0 Å². The van der Waals surface area contributed by atoms with Crippen LogP contribution in [0.3, 0.4) is 0 Å². The molecular weight excluding hydrogens is 721 g/mol. The molecule has 0 atom stereocenters. The molecule has 5 nitrogen and oxygen atoms in total. The SMILES string of the molecule is CCC(C)(CC)c1cccc(N2CN(c3cc(Oc4ccc5c6ccccc6n(-c6cc(C(C)(C)C)ccn6)c5c4)cc(C(C)(C)C)c3)c3ccc(C(C)(C)C)cc32)c1. The van der Waals surface area contributed by atoms with E-state index in [2.05, 4.69) is 213 Å². The highest BCUT2D eigenvalue weighted by Crippen LogP contribution is 2.48. The molecule has 2 aromatic heterocycles. The van der Waals surface area contributed by atoms with E-state index in [0.717, 1.165) is 46.9 Å². The van der Waals surface area contributed by atoms with E-state index < -0.39 is 0 Å². The fourth-order valence-electron chi connectivity index (χ4n) is 8.51. The Morgan fingerprint density at radius 2 is 1.17 bits per heavy atom. The molecule has 0 unspecified atom stereocenters. The fourth-order valence-corrected chi connectivity index (χ4v) is 8.51. The van der Waals surface area contributed by atoms with Crippen LogP contribution in [-0.4, -0.2) is 16.2 Å². The van der Waals surface area contributed by atoms with Crippen LogP contribution in [0.2, 0.25) is 0 Å². The van der Waals surface area contributed by atoms with Crippen molar-refractivity contribution >= 4 is 44.6 Å². The van der Waals surface area contributed by atoms with Crippen molar-refractivity contribution in [2.75, 3.05) is 16.5 Å². The maximum Gasteiger partial charge on any atom is 0.137 e. The molecule has 0 bridgehead atoms. The molecule has 8 rings (SSSR count). The summed E-state index contributed by atoms with van der Waals surface area (Å²) in [5, 5.41) is 2.37. The summed E-state index contributed by atoms with van der Waals surface area (Å²) in [7, 11) is 0. The molecule has 7 aromatic rings. The first-order valence-corrected chi connectivity index (χ1v) is 21.5. The van der Waals surface area contributed by atoms with Gasteiger partial charge in [-0.1, -0.05) is 119 Å². The van der Waals surface area contributed by atoms with E-state index in [1.807, 2.05) is 6.20 Å². The van der Waals surface area contributed by atoms with Gasteiger partial charge in [-0.15, -0.1) is 0 Å². The summed E-state index contributed by atoms with van der Waals surface area (Å²) >= 11 is 0. The number of anilines is 4. The van der Waals surface area contributed by atoms with E-state index in [4.69, 9.17) is 9.72 Å². The molecule has 5 heteroatoms. The topological polar surface area (TPSA) is 33.5 Å². The van der Waals surface area contributed by atoms with Gasteiger partial charge < -0.3 is 14.5 Å². The maximum absolute atomic E-state index is 6.95. The highest BCUT2D eigenvalue weighted by atomic mass is 16.5. The van der Waals surface area contributed by atoms with E-state index in [0.29, 0.717) is 6.67 Å². The number of para-hydroxylation sites is 1. The second-order valence-corrected chi connectivity index (χ2v) is 20.0. The molecule has 5 aromatic carbocycles. The van der Waals surface area contributed by atoms with Gasteiger partial charge in [0.2, 0.25) is 0 Å². The van der Waals surface area contributed by atoms with Gasteiger partial charge in [0.15, 0.2) is 0 Å². The first-order chi connectivity index (χ1) is 27.9. The normalized spacial score (nSPS) is 13.8. The molecule has 0 aliphatic carbocycles. The van der Waals surface area contributed by atoms with Gasteiger partial charge in [-0.3, -0.25) is 4.57 Å². The quantitative estimate of drug-likeness (QED) is 0.154. The minimum absolute atomic E-state index is 0.00216. The number of fused-ring (bicyclic) bond motifs is 4. The predicted octanol–water partition coefficient (Wildman–Crippen LogP) is 15.2. The molecule has 0 saturated carbocycles. The lowest BCUT2D eigenvalue weighted by Gasteiger charge is -2.30. The van der Waals surface area contributed by atoms with Crippen LogP contribution in [0.25, 0.3) is 27.6 Å². The predicted molar refractivity (Wildman–Crippen MR) is 251 cm³/mol. The third-order valence-corrected chi connectivity index (χ3v) is 12.9. The van der Waals surface area contributed by atoms with E-state index in [9.17, 15) is 0 Å². The number of benzene rings is 5. The van der Waals surface area contributed by atoms with Gasteiger partial charge in [0, 0.05) is 40.5 Å². The summed E-state index contributed by atoms with van der Waals surface area (Å²) in [6.45, 7) is 28.2. The Balaban J connectivity index is 1.23. The molecule has 0 amide bonds. The monoisotopic (exact) mass is 782 g/mol. The zero-order valence-corrected chi connectivity index (χ0v) is 37.4. The number of hydrogen-bond donors (Lipinski definition) is 0. The second-order valence-electron chi connectivity index (χ2n) is 20.0. The van der Waals surface area contributed by atoms with Crippen molar-refractivity contribution in [3.8, 4) is 17.3 Å². The number of aromatic nitrogens is 2. The van der Waals surface area contributed by atoms with Gasteiger partial charge in [-0.05, 0) is 123 Å². The van der Waals surface area contributed by atoms with Crippen LogP contribution in [0.5, 0.6) is 11.5 Å². The molecule has 0 fully saturated rings. The van der Waals surface area contributed by atoms with Gasteiger partial charge in [0.25, 0.3) is 0 Å². The Morgan fingerprint density at radius 1 is 0.508 bits per heavy atom. The molecule has 3 heterocycles. The van der Waals surface area contributed by atoms with Crippen LogP contribution < -0.4 is 14.5 Å². The number of rotatable bonds is 8. The molecule has 0 spiro atoms. The molecule has 0 saturated heterocycles. The molecule has 0 radical (unpaired) electrons. The zero-order valence-electron chi connectivity index (χ0n) is 37.4. The van der Waals surface area contributed by atoms with Crippen molar-refractivity contribution in [1.29, 1.82) is 0 Å². The minimum atomic E-state index is -0.105. The average molecular weight is 783 g/mol. The second kappa shape index (κ2) is 14.6. The fraction of sp³-hybridized carbons (Fsp3) is 0.352. The average Bonchev–Trinajstić information content (AvgIpc) is 3.75. The Hall–Kier alpha value is -5.55. The lowest BCUT2D eigenvalue weighted by molar-refractivity contribution is 0.439. The summed E-state index contributed by atoms with van der Waals surface area (Å²) < 4.78 is 9.24. The van der Waals surface area contributed by atoms with E-state index in [1.165, 1.54) is 50.1 Å². The summed E-state index contributed by atoms with van der Waals surface area (Å²) in [5.74, 6) is 2.51. The highest BCUT2D eigenvalue weighted by molar-refractivity contribution is 6.09. The van der Waals surface area contributed by atoms with Crippen LogP contribution in [0, 0.1) is 0 Å². The number of ether oxygens (including phenoxy) is 1. The molecule has 59 heavy (non-hydrogen) atoms. The van der Waals surface area contributed by atoms with E-state index >= 15 is 0 Å². The van der Waals surface area contributed by atoms with Crippen molar-refractivity contribution in [2.45, 2.75) is 118 Å². The summed E-state index contributed by atoms with van der Waals surface area (Å²) in [4.78, 5) is 9.87. The number of nitrogens with zero attached hydrogens (tertiary/aromatic N) is 4. The van der Waals surface area contributed by atoms with Crippen LogP contribution in [-0.2, 0) is 21.7 Å². The van der Waals surface area contributed by atoms with Crippen molar-refractivity contribution in [1.82, 2.24) is 9.55 Å². The van der Waals surface area contributed by atoms with Gasteiger partial charge in [0.05, 0.1) is 22.4 Å². The number of hydrogen-bond acceptors (Lipinski definition) is 4. The van der Waals surface area contributed by atoms with Gasteiger partial charge in [-0.2, -0.15) is 0 Å². The highest BCUT2D eigenvalue weighted by Gasteiger charge is 2.32. The molecule has 1 aliphatic rings. The Kier molecular flexibility index (Phi) is 9.97. The Bertz CT molecular complexity index is 2680. The molecular formula is C54H62N4O. The summed E-state index contributed by atoms with van der Waals surface area (Å²) in [6.07, 6.45) is 4.13. The van der Waals surface area contributed by atoms with Gasteiger partial charge in [0.1, 0.15) is 24.0 Å². The first-order valence-electron chi connectivity index (χ1n) is 21.5. The maximum atomic E-state index is 6.95. The lowest BCUT2D eigenvalue weighted by Crippen LogP contribution is -2.25. The van der Waals surface area contributed by atoms with Gasteiger partial charge in [-0.25, -0.2) is 4.98 Å². The third kappa shape index (κ3) is 7.50. The van der Waals surface area contributed by atoms with E-state index in [1.54, 1.807) is 0 Å². The largest absolute Gasteiger partial charge is 0.457 e. The van der Waals surface area contributed by atoms with Crippen molar-refractivity contribution < 1.29 is 4.74 Å². The van der Waals surface area contributed by atoms with Crippen LogP contribution in [0.15, 0.2) is 121 Å². The van der Waals surface area contributed by atoms with Gasteiger partial charge >= 0.3 is 0 Å². The summed E-state index contributed by atoms with van der Waals surface area (Å²) in [5.41, 5.74) is 12.2. The zero-order chi connectivity index (χ0) is 42.1. The first kappa shape index (κ1) is 40.2. The van der Waals surface area contributed by atoms with Crippen LogP contribution in [0.1, 0.15) is 118 Å². The Labute approximate surface area is 352 Å². The molecule has 0 N–H and O–H groups in total. The number of pyridine rings is 1. The molecule has 304 valence electrons. The van der Waals surface area contributed by atoms with Crippen LogP contribution >= 0.6 is 0 Å². The van der Waals surface area contributed by atoms with Crippen molar-refractivity contribution in [3.63, 3.8) is 0 Å². The molecule has 1 aliphatic heterocycles. The standard InChI is InChI=1S/C54H62N4O/c1-13-54(12,14-2)38-18-17-19-40(28-38)56-35-57(47-25-22-36(31-49(47)56)51(3,4)5)41-29-39(53(9,10)11)30-43(33-41)59-42-23-24-45-44-20-15-16-21-46(44)58(48(45)34-42)50-32-37(26-27-55-50)52(6,7)8/h15-34H,13-14,35H2,1-12H3. The van der Waals surface area contributed by atoms with Crippen LogP contribution in [0.4, 0.5) is 22.7 Å².